The highest BCUT2D eigenvalue weighted by Gasteiger charge is 2.15. The lowest BCUT2D eigenvalue weighted by Gasteiger charge is -2.19. The van der Waals surface area contributed by atoms with E-state index in [1.54, 1.807) is 16.9 Å². The summed E-state index contributed by atoms with van der Waals surface area (Å²) in [5.41, 5.74) is 0.355. The SMILES string of the molecule is CC(C)(C)OC(=O)NCCCn1ncc2cc([N+](=O)[O-])ccc21. The Hall–Kier alpha value is -2.64. The molecule has 0 saturated heterocycles. The van der Waals surface area contributed by atoms with Gasteiger partial charge in [-0.25, -0.2) is 4.79 Å². The normalized spacial score (nSPS) is 11.4. The van der Waals surface area contributed by atoms with E-state index in [0.29, 0.717) is 19.5 Å². The number of benzene rings is 1. The number of amides is 1. The van der Waals surface area contributed by atoms with E-state index in [2.05, 4.69) is 10.4 Å². The van der Waals surface area contributed by atoms with E-state index in [-0.39, 0.29) is 5.69 Å². The second-order valence-electron chi connectivity index (χ2n) is 6.15. The third kappa shape index (κ3) is 4.67. The molecule has 0 atom stereocenters. The molecule has 23 heavy (non-hydrogen) atoms. The Morgan fingerprint density at radius 1 is 1.43 bits per heavy atom. The first-order valence-electron chi connectivity index (χ1n) is 7.33. The quantitative estimate of drug-likeness (QED) is 0.519. The number of nitrogens with zero attached hydrogens (tertiary/aromatic N) is 3. The maximum Gasteiger partial charge on any atom is 0.407 e. The fourth-order valence-corrected chi connectivity index (χ4v) is 2.10. The van der Waals surface area contributed by atoms with Crippen LogP contribution in [0.1, 0.15) is 27.2 Å². The molecule has 2 aromatic rings. The molecule has 1 heterocycles. The van der Waals surface area contributed by atoms with Gasteiger partial charge in [-0.2, -0.15) is 5.10 Å². The van der Waals surface area contributed by atoms with Crippen molar-refractivity contribution in [2.45, 2.75) is 39.3 Å². The lowest BCUT2D eigenvalue weighted by atomic mass is 10.2. The number of hydrogen-bond acceptors (Lipinski definition) is 5. The Balaban J connectivity index is 1.88. The average molecular weight is 320 g/mol. The van der Waals surface area contributed by atoms with Crippen LogP contribution in [0, 0.1) is 10.1 Å². The number of hydrogen-bond donors (Lipinski definition) is 1. The van der Waals surface area contributed by atoms with E-state index < -0.39 is 16.6 Å². The van der Waals surface area contributed by atoms with E-state index in [0.717, 1.165) is 10.9 Å². The Labute approximate surface area is 133 Å². The Morgan fingerprint density at radius 3 is 2.83 bits per heavy atom. The van der Waals surface area contributed by atoms with Gasteiger partial charge in [-0.15, -0.1) is 0 Å². The predicted octanol–water partition coefficient (Wildman–Crippen LogP) is 2.86. The van der Waals surface area contributed by atoms with Gasteiger partial charge in [-0.05, 0) is 33.3 Å². The highest BCUT2D eigenvalue weighted by atomic mass is 16.6. The highest BCUT2D eigenvalue weighted by Crippen LogP contribution is 2.20. The van der Waals surface area contributed by atoms with Crippen molar-refractivity contribution in [1.29, 1.82) is 0 Å². The summed E-state index contributed by atoms with van der Waals surface area (Å²) in [6.45, 7) is 6.48. The van der Waals surface area contributed by atoms with Crippen LogP contribution in [0.3, 0.4) is 0 Å². The standard InChI is InChI=1S/C15H20N4O4/c1-15(2,3)23-14(20)16-7-4-8-18-13-6-5-12(19(21)22)9-11(13)10-17-18/h5-6,9-10H,4,7-8H2,1-3H3,(H,16,20). The Kier molecular flexibility index (Phi) is 4.83. The summed E-state index contributed by atoms with van der Waals surface area (Å²) in [6.07, 6.45) is 1.83. The molecule has 0 aliphatic heterocycles. The molecular formula is C15H20N4O4. The number of rotatable bonds is 5. The van der Waals surface area contributed by atoms with Gasteiger partial charge in [0.1, 0.15) is 5.60 Å². The van der Waals surface area contributed by atoms with Gasteiger partial charge in [0.15, 0.2) is 0 Å². The number of fused-ring (bicyclic) bond motifs is 1. The van der Waals surface area contributed by atoms with Gasteiger partial charge < -0.3 is 10.1 Å². The monoisotopic (exact) mass is 320 g/mol. The number of nitrogens with one attached hydrogen (secondary N) is 1. The van der Waals surface area contributed by atoms with Gasteiger partial charge in [0.2, 0.25) is 0 Å². The third-order valence-electron chi connectivity index (χ3n) is 3.05. The number of alkyl carbamates (subject to hydrolysis) is 1. The molecule has 1 aromatic carbocycles. The first kappa shape index (κ1) is 16.7. The van der Waals surface area contributed by atoms with Crippen molar-refractivity contribution in [1.82, 2.24) is 15.1 Å². The van der Waals surface area contributed by atoms with E-state index >= 15 is 0 Å². The average Bonchev–Trinajstić information content (AvgIpc) is 2.84. The molecule has 0 aliphatic rings. The number of aryl methyl sites for hydroxylation is 1. The van der Waals surface area contributed by atoms with Crippen LogP contribution in [-0.2, 0) is 11.3 Å². The lowest BCUT2D eigenvalue weighted by molar-refractivity contribution is -0.384. The van der Waals surface area contributed by atoms with Crippen molar-refractivity contribution in [2.24, 2.45) is 0 Å². The highest BCUT2D eigenvalue weighted by molar-refractivity contribution is 5.81. The van der Waals surface area contributed by atoms with E-state index in [1.165, 1.54) is 12.1 Å². The van der Waals surface area contributed by atoms with Crippen LogP contribution >= 0.6 is 0 Å². The molecule has 8 nitrogen and oxygen atoms in total. The van der Waals surface area contributed by atoms with E-state index in [1.807, 2.05) is 20.8 Å². The van der Waals surface area contributed by atoms with Crippen molar-refractivity contribution >= 4 is 22.7 Å². The van der Waals surface area contributed by atoms with E-state index in [9.17, 15) is 14.9 Å². The summed E-state index contributed by atoms with van der Waals surface area (Å²) in [5.74, 6) is 0. The molecule has 2 rings (SSSR count). The summed E-state index contributed by atoms with van der Waals surface area (Å²) in [4.78, 5) is 21.8. The predicted molar refractivity (Wildman–Crippen MR) is 85.2 cm³/mol. The fourth-order valence-electron chi connectivity index (χ4n) is 2.10. The van der Waals surface area contributed by atoms with Crippen molar-refractivity contribution in [2.75, 3.05) is 6.54 Å². The van der Waals surface area contributed by atoms with Gasteiger partial charge in [0, 0.05) is 30.6 Å². The second-order valence-corrected chi connectivity index (χ2v) is 6.15. The summed E-state index contributed by atoms with van der Waals surface area (Å²) in [7, 11) is 0. The molecule has 0 unspecified atom stereocenters. The summed E-state index contributed by atoms with van der Waals surface area (Å²) >= 11 is 0. The summed E-state index contributed by atoms with van der Waals surface area (Å²) < 4.78 is 6.90. The first-order valence-corrected chi connectivity index (χ1v) is 7.33. The van der Waals surface area contributed by atoms with Crippen LogP contribution in [0.4, 0.5) is 10.5 Å². The van der Waals surface area contributed by atoms with E-state index in [4.69, 9.17) is 4.74 Å². The molecule has 8 heteroatoms. The maximum atomic E-state index is 11.5. The van der Waals surface area contributed by atoms with Crippen LogP contribution in [-0.4, -0.2) is 32.9 Å². The zero-order valence-electron chi connectivity index (χ0n) is 13.4. The Bertz CT molecular complexity index is 718. The number of carbonyl (C=O) groups is 1. The number of aromatic nitrogens is 2. The topological polar surface area (TPSA) is 99.3 Å². The van der Waals surface area contributed by atoms with Crippen molar-refractivity contribution < 1.29 is 14.5 Å². The van der Waals surface area contributed by atoms with Gasteiger partial charge >= 0.3 is 6.09 Å². The zero-order chi connectivity index (χ0) is 17.0. The molecule has 0 aliphatic carbocycles. The Morgan fingerprint density at radius 2 is 2.17 bits per heavy atom. The van der Waals surface area contributed by atoms with Gasteiger partial charge in [-0.3, -0.25) is 14.8 Å². The second kappa shape index (κ2) is 6.64. The minimum Gasteiger partial charge on any atom is -0.444 e. The number of carbonyl (C=O) groups excluding carboxylic acids is 1. The third-order valence-corrected chi connectivity index (χ3v) is 3.05. The first-order chi connectivity index (χ1) is 10.8. The molecule has 0 spiro atoms. The maximum absolute atomic E-state index is 11.5. The van der Waals surface area contributed by atoms with Crippen LogP contribution in [0.15, 0.2) is 24.4 Å². The minimum absolute atomic E-state index is 0.0450. The molecule has 0 radical (unpaired) electrons. The lowest BCUT2D eigenvalue weighted by Crippen LogP contribution is -2.33. The molecule has 1 aromatic heterocycles. The minimum atomic E-state index is -0.517. The van der Waals surface area contributed by atoms with Crippen molar-refractivity contribution in [3.05, 3.63) is 34.5 Å². The van der Waals surface area contributed by atoms with Crippen molar-refractivity contribution in [3.8, 4) is 0 Å². The van der Waals surface area contributed by atoms with Crippen molar-refractivity contribution in [3.63, 3.8) is 0 Å². The zero-order valence-corrected chi connectivity index (χ0v) is 13.4. The van der Waals surface area contributed by atoms with Crippen LogP contribution in [0.5, 0.6) is 0 Å². The number of nitro groups is 1. The fraction of sp³-hybridized carbons (Fsp3) is 0.467. The molecule has 1 N–H and O–H groups in total. The largest absolute Gasteiger partial charge is 0.444 e. The molecule has 0 saturated carbocycles. The molecule has 0 fully saturated rings. The molecule has 1 amide bonds. The summed E-state index contributed by atoms with van der Waals surface area (Å²) in [5, 5.41) is 18.4. The molecule has 124 valence electrons. The van der Waals surface area contributed by atoms with Gasteiger partial charge in [0.05, 0.1) is 16.6 Å². The van der Waals surface area contributed by atoms with Gasteiger partial charge in [0.25, 0.3) is 5.69 Å². The summed E-state index contributed by atoms with van der Waals surface area (Å²) in [6, 6.07) is 4.64. The number of nitro benzene ring substituents is 1. The van der Waals surface area contributed by atoms with Gasteiger partial charge in [-0.1, -0.05) is 0 Å². The number of non-ortho nitro benzene ring substituents is 1. The van der Waals surface area contributed by atoms with Crippen LogP contribution < -0.4 is 5.32 Å². The molecular weight excluding hydrogens is 300 g/mol. The molecule has 0 bridgehead atoms. The van der Waals surface area contributed by atoms with Crippen LogP contribution in [0.2, 0.25) is 0 Å². The number of ether oxygens (including phenoxy) is 1. The van der Waals surface area contributed by atoms with Crippen LogP contribution in [0.25, 0.3) is 10.9 Å². The smallest absolute Gasteiger partial charge is 0.407 e.